The smallest absolute Gasteiger partial charge is 0.257 e. The molecule has 0 fully saturated rings. The highest BCUT2D eigenvalue weighted by atomic mass is 79.9. The zero-order chi connectivity index (χ0) is 18.1. The van der Waals surface area contributed by atoms with E-state index in [1.54, 1.807) is 12.1 Å². The summed E-state index contributed by atoms with van der Waals surface area (Å²) >= 11 is 3.48. The van der Waals surface area contributed by atoms with Crippen molar-refractivity contribution in [2.75, 3.05) is 10.4 Å². The second-order valence-corrected chi connectivity index (χ2v) is 7.23. The Labute approximate surface area is 160 Å². The van der Waals surface area contributed by atoms with Crippen molar-refractivity contribution in [1.82, 2.24) is 0 Å². The molecule has 0 aliphatic carbocycles. The van der Waals surface area contributed by atoms with E-state index in [1.807, 2.05) is 66.7 Å². The lowest BCUT2D eigenvalue weighted by Gasteiger charge is -2.36. The number of carbonyl (C=O) groups excluding carboxylic acids is 1. The summed E-state index contributed by atoms with van der Waals surface area (Å²) in [7, 11) is 0. The SMILES string of the molecule is O=C1Nc2ccccc2[C@@]1(Cc1cccc(Br)c1)N(O)c1ccccc1. The highest BCUT2D eigenvalue weighted by Crippen LogP contribution is 2.44. The zero-order valence-corrected chi connectivity index (χ0v) is 15.5. The highest BCUT2D eigenvalue weighted by molar-refractivity contribution is 9.10. The van der Waals surface area contributed by atoms with Crippen molar-refractivity contribution in [3.05, 3.63) is 94.5 Å². The number of anilines is 2. The fraction of sp³-hybridized carbons (Fsp3) is 0.0952. The van der Waals surface area contributed by atoms with Crippen LogP contribution in [0.1, 0.15) is 11.1 Å². The van der Waals surface area contributed by atoms with E-state index in [4.69, 9.17) is 0 Å². The Hall–Kier alpha value is -2.63. The summed E-state index contributed by atoms with van der Waals surface area (Å²) in [4.78, 5) is 13.1. The van der Waals surface area contributed by atoms with Crippen LogP contribution in [0.25, 0.3) is 0 Å². The average Bonchev–Trinajstić information content (AvgIpc) is 2.94. The van der Waals surface area contributed by atoms with E-state index in [9.17, 15) is 10.0 Å². The number of nitrogens with one attached hydrogen (secondary N) is 1. The monoisotopic (exact) mass is 408 g/mol. The molecular formula is C21H17BrN2O2. The number of hydrogen-bond donors (Lipinski definition) is 2. The van der Waals surface area contributed by atoms with Gasteiger partial charge in [-0.15, -0.1) is 0 Å². The number of carbonyl (C=O) groups is 1. The van der Waals surface area contributed by atoms with Crippen molar-refractivity contribution >= 4 is 33.2 Å². The number of para-hydroxylation sites is 2. The van der Waals surface area contributed by atoms with Crippen LogP contribution in [0.15, 0.2) is 83.3 Å². The molecule has 0 unspecified atom stereocenters. The summed E-state index contributed by atoms with van der Waals surface area (Å²) in [6.07, 6.45) is 0.334. The van der Waals surface area contributed by atoms with Gasteiger partial charge in [0.2, 0.25) is 0 Å². The van der Waals surface area contributed by atoms with E-state index in [1.165, 1.54) is 0 Å². The summed E-state index contributed by atoms with van der Waals surface area (Å²) < 4.78 is 0.932. The Kier molecular flexibility index (Phi) is 4.26. The topological polar surface area (TPSA) is 52.6 Å². The van der Waals surface area contributed by atoms with Crippen LogP contribution in [-0.2, 0) is 16.8 Å². The van der Waals surface area contributed by atoms with Gasteiger partial charge in [-0.2, -0.15) is 0 Å². The molecule has 1 amide bonds. The number of hydroxylamine groups is 1. The number of hydrogen-bond acceptors (Lipinski definition) is 3. The van der Waals surface area contributed by atoms with Crippen molar-refractivity contribution in [3.63, 3.8) is 0 Å². The molecule has 3 aromatic carbocycles. The van der Waals surface area contributed by atoms with Gasteiger partial charge in [0.15, 0.2) is 5.54 Å². The van der Waals surface area contributed by atoms with Crippen molar-refractivity contribution in [3.8, 4) is 0 Å². The number of rotatable bonds is 4. The molecule has 3 aromatic rings. The minimum atomic E-state index is -1.24. The van der Waals surface area contributed by atoms with Gasteiger partial charge in [0.05, 0.1) is 5.69 Å². The third-order valence-electron chi connectivity index (χ3n) is 4.71. The van der Waals surface area contributed by atoms with E-state index in [0.29, 0.717) is 12.1 Å². The lowest BCUT2D eigenvalue weighted by Crippen LogP contribution is -2.51. The van der Waals surface area contributed by atoms with Crippen molar-refractivity contribution in [1.29, 1.82) is 0 Å². The van der Waals surface area contributed by atoms with Gasteiger partial charge in [-0.25, -0.2) is 5.06 Å². The Morgan fingerprint density at radius 3 is 2.46 bits per heavy atom. The Bertz CT molecular complexity index is 961. The second kappa shape index (κ2) is 6.59. The second-order valence-electron chi connectivity index (χ2n) is 6.31. The predicted molar refractivity (Wildman–Crippen MR) is 105 cm³/mol. The fourth-order valence-electron chi connectivity index (χ4n) is 3.49. The molecule has 1 atom stereocenters. The maximum atomic E-state index is 13.1. The normalized spacial score (nSPS) is 18.3. The fourth-order valence-corrected chi connectivity index (χ4v) is 3.94. The molecule has 0 spiro atoms. The molecule has 0 bridgehead atoms. The number of nitrogens with zero attached hydrogens (tertiary/aromatic N) is 1. The predicted octanol–water partition coefficient (Wildman–Crippen LogP) is 4.74. The highest BCUT2D eigenvalue weighted by Gasteiger charge is 2.51. The van der Waals surface area contributed by atoms with Crippen LogP contribution in [0.2, 0.25) is 0 Å². The minimum absolute atomic E-state index is 0.245. The molecule has 0 aromatic heterocycles. The molecule has 4 nitrogen and oxygen atoms in total. The van der Waals surface area contributed by atoms with Gasteiger partial charge < -0.3 is 5.32 Å². The largest absolute Gasteiger partial charge is 0.323 e. The van der Waals surface area contributed by atoms with E-state index in [0.717, 1.165) is 26.4 Å². The van der Waals surface area contributed by atoms with Crippen LogP contribution in [0, 0.1) is 0 Å². The van der Waals surface area contributed by atoms with E-state index in [2.05, 4.69) is 21.2 Å². The molecule has 26 heavy (non-hydrogen) atoms. The Morgan fingerprint density at radius 2 is 1.69 bits per heavy atom. The van der Waals surface area contributed by atoms with Gasteiger partial charge >= 0.3 is 0 Å². The molecular weight excluding hydrogens is 392 g/mol. The third-order valence-corrected chi connectivity index (χ3v) is 5.20. The Balaban J connectivity index is 1.89. The number of fused-ring (bicyclic) bond motifs is 1. The molecule has 5 heteroatoms. The first-order chi connectivity index (χ1) is 12.6. The maximum Gasteiger partial charge on any atom is 0.257 e. The van der Waals surface area contributed by atoms with Crippen LogP contribution in [0.3, 0.4) is 0 Å². The van der Waals surface area contributed by atoms with Gasteiger partial charge in [-0.05, 0) is 35.9 Å². The van der Waals surface area contributed by atoms with E-state index >= 15 is 0 Å². The number of halogens is 1. The van der Waals surface area contributed by atoms with Crippen molar-refractivity contribution in [2.24, 2.45) is 0 Å². The van der Waals surface area contributed by atoms with Crippen LogP contribution >= 0.6 is 15.9 Å². The first-order valence-electron chi connectivity index (χ1n) is 8.31. The summed E-state index contributed by atoms with van der Waals surface area (Å²) in [6, 6.07) is 24.4. The number of amides is 1. The molecule has 0 radical (unpaired) electrons. The van der Waals surface area contributed by atoms with E-state index in [-0.39, 0.29) is 5.91 Å². The molecule has 1 aliphatic rings. The van der Waals surface area contributed by atoms with Crippen LogP contribution in [-0.4, -0.2) is 11.1 Å². The zero-order valence-electron chi connectivity index (χ0n) is 13.9. The van der Waals surface area contributed by atoms with Crippen molar-refractivity contribution in [2.45, 2.75) is 12.0 Å². The third kappa shape index (κ3) is 2.69. The molecule has 0 saturated carbocycles. The molecule has 130 valence electrons. The first kappa shape index (κ1) is 16.8. The average molecular weight is 409 g/mol. The molecule has 1 aliphatic heterocycles. The quantitative estimate of drug-likeness (QED) is 0.613. The molecule has 1 heterocycles. The molecule has 0 saturated heterocycles. The summed E-state index contributed by atoms with van der Waals surface area (Å²) in [6.45, 7) is 0. The Morgan fingerprint density at radius 1 is 0.962 bits per heavy atom. The summed E-state index contributed by atoms with van der Waals surface area (Å²) in [5.74, 6) is -0.245. The maximum absolute atomic E-state index is 13.1. The van der Waals surface area contributed by atoms with E-state index < -0.39 is 5.54 Å². The van der Waals surface area contributed by atoms with Crippen molar-refractivity contribution < 1.29 is 10.0 Å². The number of benzene rings is 3. The van der Waals surface area contributed by atoms with Gasteiger partial charge in [0.1, 0.15) is 0 Å². The van der Waals surface area contributed by atoms with Crippen LogP contribution in [0.4, 0.5) is 11.4 Å². The van der Waals surface area contributed by atoms with Gasteiger partial charge in [-0.1, -0.05) is 64.5 Å². The molecule has 4 rings (SSSR count). The lowest BCUT2D eigenvalue weighted by molar-refractivity contribution is -0.123. The van der Waals surface area contributed by atoms with Crippen LogP contribution < -0.4 is 10.4 Å². The molecule has 2 N–H and O–H groups in total. The van der Waals surface area contributed by atoms with Gasteiger partial charge in [-0.3, -0.25) is 10.0 Å². The van der Waals surface area contributed by atoms with Gasteiger partial charge in [0.25, 0.3) is 5.91 Å². The lowest BCUT2D eigenvalue weighted by atomic mass is 9.84. The summed E-state index contributed by atoms with van der Waals surface area (Å²) in [5.41, 5.74) is 1.76. The minimum Gasteiger partial charge on any atom is -0.323 e. The first-order valence-corrected chi connectivity index (χ1v) is 9.10. The van der Waals surface area contributed by atoms with Gasteiger partial charge in [0, 0.05) is 22.1 Å². The van der Waals surface area contributed by atoms with Crippen LogP contribution in [0.5, 0.6) is 0 Å². The standard InChI is InChI=1S/C21H17BrN2O2/c22-16-8-6-7-15(13-16)14-21(24(26)17-9-2-1-3-10-17)18-11-4-5-12-19(18)23-20(21)25/h1-13,26H,14H2,(H,23,25)/t21-/m1/s1. The summed E-state index contributed by atoms with van der Waals surface area (Å²) in [5, 5.41) is 15.2.